The summed E-state index contributed by atoms with van der Waals surface area (Å²) in [7, 11) is 1.86. The van der Waals surface area contributed by atoms with Gasteiger partial charge in [0.05, 0.1) is 6.20 Å². The third kappa shape index (κ3) is 4.29. The average Bonchev–Trinajstić information content (AvgIpc) is 3.27. The van der Waals surface area contributed by atoms with Crippen LogP contribution in [0.15, 0.2) is 42.0 Å². The number of thiazole rings is 1. The van der Waals surface area contributed by atoms with Crippen molar-refractivity contribution < 1.29 is 4.79 Å². The number of carbonyl (C=O) groups is 1. The van der Waals surface area contributed by atoms with Gasteiger partial charge in [-0.25, -0.2) is 4.98 Å². The number of amides is 1. The van der Waals surface area contributed by atoms with Gasteiger partial charge >= 0.3 is 0 Å². The van der Waals surface area contributed by atoms with Crippen molar-refractivity contribution in [2.75, 3.05) is 24.5 Å². The van der Waals surface area contributed by atoms with Crippen LogP contribution in [0.3, 0.4) is 0 Å². The highest BCUT2D eigenvalue weighted by Gasteiger charge is 2.13. The van der Waals surface area contributed by atoms with Gasteiger partial charge in [0.25, 0.3) is 5.91 Å². The number of carbonyl (C=O) groups excluding carboxylic acids is 1. The van der Waals surface area contributed by atoms with Gasteiger partial charge < -0.3 is 10.2 Å². The third-order valence-corrected chi connectivity index (χ3v) is 5.00. The van der Waals surface area contributed by atoms with Gasteiger partial charge in [-0.2, -0.15) is 5.10 Å². The molecule has 0 radical (unpaired) electrons. The van der Waals surface area contributed by atoms with E-state index >= 15 is 0 Å². The molecular weight excluding hydrogens is 346 g/mol. The lowest BCUT2D eigenvalue weighted by Crippen LogP contribution is -2.35. The van der Waals surface area contributed by atoms with Crippen LogP contribution in [-0.2, 0) is 7.05 Å². The second-order valence-corrected chi connectivity index (χ2v) is 6.97. The number of benzene rings is 1. The summed E-state index contributed by atoms with van der Waals surface area (Å²) in [5.74, 6) is -0.142. The molecule has 0 bridgehead atoms. The molecule has 0 aliphatic heterocycles. The summed E-state index contributed by atoms with van der Waals surface area (Å²) in [6.45, 7) is 6.42. The van der Waals surface area contributed by atoms with Crippen molar-refractivity contribution in [3.8, 4) is 10.6 Å². The van der Waals surface area contributed by atoms with E-state index < -0.39 is 0 Å². The van der Waals surface area contributed by atoms with Crippen LogP contribution in [0.2, 0.25) is 0 Å². The van der Waals surface area contributed by atoms with Gasteiger partial charge in [0, 0.05) is 49.5 Å². The Hall–Kier alpha value is -2.67. The number of hydrogen-bond acceptors (Lipinski definition) is 5. The summed E-state index contributed by atoms with van der Waals surface area (Å²) in [5, 5.41) is 9.69. The lowest BCUT2D eigenvalue weighted by molar-refractivity contribution is 0.0950. The van der Waals surface area contributed by atoms with Crippen LogP contribution < -0.4 is 10.2 Å². The van der Waals surface area contributed by atoms with E-state index in [0.717, 1.165) is 23.7 Å². The number of nitrogens with one attached hydrogen (secondary N) is 1. The molecule has 0 unspecified atom stereocenters. The number of rotatable bonds is 7. The number of aryl methyl sites for hydroxylation is 2. The predicted octanol–water partition coefficient (Wildman–Crippen LogP) is 3.11. The smallest absolute Gasteiger partial charge is 0.270 e. The van der Waals surface area contributed by atoms with E-state index in [4.69, 9.17) is 0 Å². The molecular formula is C19H23N5OS. The summed E-state index contributed by atoms with van der Waals surface area (Å²) >= 11 is 1.45. The van der Waals surface area contributed by atoms with Crippen LogP contribution in [0.25, 0.3) is 10.6 Å². The van der Waals surface area contributed by atoms with E-state index in [1.807, 2.05) is 13.2 Å². The molecule has 1 N–H and O–H groups in total. The average molecular weight is 369 g/mol. The third-order valence-electron chi connectivity index (χ3n) is 4.10. The van der Waals surface area contributed by atoms with Crippen LogP contribution >= 0.6 is 11.3 Å². The first-order valence-corrected chi connectivity index (χ1v) is 9.49. The monoisotopic (exact) mass is 369 g/mol. The van der Waals surface area contributed by atoms with Gasteiger partial charge in [0.2, 0.25) is 0 Å². The molecule has 0 saturated carbocycles. The van der Waals surface area contributed by atoms with Gasteiger partial charge in [-0.3, -0.25) is 9.48 Å². The van der Waals surface area contributed by atoms with E-state index in [2.05, 4.69) is 58.4 Å². The maximum Gasteiger partial charge on any atom is 0.270 e. The first-order valence-electron chi connectivity index (χ1n) is 8.61. The largest absolute Gasteiger partial charge is 0.370 e. The molecule has 1 amide bonds. The highest BCUT2D eigenvalue weighted by atomic mass is 32.1. The molecule has 7 heteroatoms. The van der Waals surface area contributed by atoms with E-state index in [1.54, 1.807) is 16.3 Å². The molecule has 0 spiro atoms. The summed E-state index contributed by atoms with van der Waals surface area (Å²) in [5.41, 5.74) is 3.78. The summed E-state index contributed by atoms with van der Waals surface area (Å²) in [4.78, 5) is 19.0. The zero-order valence-electron chi connectivity index (χ0n) is 15.3. The van der Waals surface area contributed by atoms with Gasteiger partial charge in [-0.05, 0) is 31.5 Å². The molecule has 0 aliphatic carbocycles. The first kappa shape index (κ1) is 18.1. The Labute approximate surface area is 157 Å². The molecule has 2 heterocycles. The molecule has 0 atom stereocenters. The Morgan fingerprint density at radius 1 is 1.38 bits per heavy atom. The molecule has 136 valence electrons. The van der Waals surface area contributed by atoms with Crippen LogP contribution in [0.1, 0.15) is 23.0 Å². The fourth-order valence-electron chi connectivity index (χ4n) is 2.73. The second kappa shape index (κ2) is 8.14. The van der Waals surface area contributed by atoms with Crippen molar-refractivity contribution >= 4 is 22.9 Å². The highest BCUT2D eigenvalue weighted by Crippen LogP contribution is 2.22. The Kier molecular flexibility index (Phi) is 5.68. The number of anilines is 1. The minimum atomic E-state index is -0.142. The van der Waals surface area contributed by atoms with Gasteiger partial charge in [-0.15, -0.1) is 11.3 Å². The molecule has 0 saturated heterocycles. The highest BCUT2D eigenvalue weighted by molar-refractivity contribution is 7.13. The standard InChI is InChI=1S/C19H23N5OS/c1-4-24(16-7-5-6-14(2)10-16)9-8-20-18(25)17-13-26-19(22-17)15-11-21-23(3)12-15/h5-7,10-13H,4,8-9H2,1-3H3,(H,20,25). The van der Waals surface area contributed by atoms with Crippen molar-refractivity contribution in [1.82, 2.24) is 20.1 Å². The molecule has 0 aliphatic rings. The molecule has 2 aromatic heterocycles. The minimum Gasteiger partial charge on any atom is -0.370 e. The van der Waals surface area contributed by atoms with Crippen molar-refractivity contribution in [1.29, 1.82) is 0 Å². The summed E-state index contributed by atoms with van der Waals surface area (Å²) in [6, 6.07) is 8.40. The Balaban J connectivity index is 1.56. The van der Waals surface area contributed by atoms with E-state index in [1.165, 1.54) is 22.6 Å². The maximum atomic E-state index is 12.3. The molecule has 3 aromatic rings. The zero-order chi connectivity index (χ0) is 18.5. The molecule has 6 nitrogen and oxygen atoms in total. The Morgan fingerprint density at radius 3 is 2.92 bits per heavy atom. The quantitative estimate of drug-likeness (QED) is 0.695. The molecule has 26 heavy (non-hydrogen) atoms. The summed E-state index contributed by atoms with van der Waals surface area (Å²) in [6.07, 6.45) is 3.64. The Morgan fingerprint density at radius 2 is 2.23 bits per heavy atom. The van der Waals surface area contributed by atoms with Crippen LogP contribution in [0.5, 0.6) is 0 Å². The van der Waals surface area contributed by atoms with Gasteiger partial charge in [-0.1, -0.05) is 12.1 Å². The Bertz CT molecular complexity index is 885. The van der Waals surface area contributed by atoms with Crippen LogP contribution in [0, 0.1) is 6.92 Å². The van der Waals surface area contributed by atoms with Crippen molar-refractivity contribution in [2.24, 2.45) is 7.05 Å². The van der Waals surface area contributed by atoms with E-state index in [0.29, 0.717) is 12.2 Å². The van der Waals surface area contributed by atoms with E-state index in [9.17, 15) is 4.79 Å². The summed E-state index contributed by atoms with van der Waals surface area (Å²) < 4.78 is 1.72. The topological polar surface area (TPSA) is 63.1 Å². The number of likely N-dealkylation sites (N-methyl/N-ethyl adjacent to an activating group) is 1. The van der Waals surface area contributed by atoms with Crippen LogP contribution in [0.4, 0.5) is 5.69 Å². The SMILES string of the molecule is CCN(CCNC(=O)c1csc(-c2cnn(C)c2)n1)c1cccc(C)c1. The van der Waals surface area contributed by atoms with E-state index in [-0.39, 0.29) is 5.91 Å². The molecule has 1 aromatic carbocycles. The lowest BCUT2D eigenvalue weighted by atomic mass is 10.2. The van der Waals surface area contributed by atoms with Gasteiger partial charge in [0.1, 0.15) is 10.7 Å². The fraction of sp³-hybridized carbons (Fsp3) is 0.316. The normalized spacial score (nSPS) is 10.7. The zero-order valence-corrected chi connectivity index (χ0v) is 16.1. The van der Waals surface area contributed by atoms with Crippen molar-refractivity contribution in [2.45, 2.75) is 13.8 Å². The number of hydrogen-bond donors (Lipinski definition) is 1. The van der Waals surface area contributed by atoms with Crippen molar-refractivity contribution in [3.05, 3.63) is 53.3 Å². The fourth-order valence-corrected chi connectivity index (χ4v) is 3.51. The molecule has 0 fully saturated rings. The second-order valence-electron chi connectivity index (χ2n) is 6.12. The van der Waals surface area contributed by atoms with Crippen LogP contribution in [-0.4, -0.2) is 40.3 Å². The predicted molar refractivity (Wildman–Crippen MR) is 106 cm³/mol. The lowest BCUT2D eigenvalue weighted by Gasteiger charge is -2.23. The molecule has 3 rings (SSSR count). The minimum absolute atomic E-state index is 0.142. The maximum absolute atomic E-state index is 12.3. The number of aromatic nitrogens is 3. The van der Waals surface area contributed by atoms with Crippen molar-refractivity contribution in [3.63, 3.8) is 0 Å². The number of nitrogens with zero attached hydrogens (tertiary/aromatic N) is 4. The van der Waals surface area contributed by atoms with Gasteiger partial charge in [0.15, 0.2) is 0 Å². The first-order chi connectivity index (χ1) is 12.6.